The average Bonchev–Trinajstić information content (AvgIpc) is 2.84. The fourth-order valence-corrected chi connectivity index (χ4v) is 4.80. The number of benzene rings is 1. The molecule has 0 saturated carbocycles. The molecule has 2 N–H and O–H groups in total. The highest BCUT2D eigenvalue weighted by Crippen LogP contribution is 2.24. The third kappa shape index (κ3) is 6.47. The zero-order valence-corrected chi connectivity index (χ0v) is 20.8. The molecule has 1 atom stereocenters. The fourth-order valence-electron chi connectivity index (χ4n) is 4.80. The SMILES string of the molecule is CC(C)(C(=O)N[C@@H](CCN1CC(OCCc2ccc3c(n2)CCCC3)C1)C(=O)O)c1ccccc1. The highest BCUT2D eigenvalue weighted by atomic mass is 16.5. The number of fused-ring (bicyclic) bond motifs is 1. The fraction of sp³-hybridized carbons (Fsp3) is 0.536. The van der Waals surface area contributed by atoms with E-state index in [1.807, 2.05) is 44.2 Å². The van der Waals surface area contributed by atoms with E-state index in [1.165, 1.54) is 24.1 Å². The number of carboxylic acids is 1. The highest BCUT2D eigenvalue weighted by Gasteiger charge is 2.34. The summed E-state index contributed by atoms with van der Waals surface area (Å²) in [6, 6.07) is 12.9. The van der Waals surface area contributed by atoms with Crippen molar-refractivity contribution in [1.29, 1.82) is 0 Å². The number of carbonyl (C=O) groups excluding carboxylic acids is 1. The molecule has 1 aliphatic heterocycles. The average molecular weight is 480 g/mol. The molecule has 1 saturated heterocycles. The molecule has 2 aliphatic rings. The van der Waals surface area contributed by atoms with Gasteiger partial charge in [0, 0.05) is 37.4 Å². The first-order valence-electron chi connectivity index (χ1n) is 12.7. The molecule has 7 heteroatoms. The van der Waals surface area contributed by atoms with E-state index in [0.29, 0.717) is 19.6 Å². The smallest absolute Gasteiger partial charge is 0.326 e. The number of nitrogens with one attached hydrogen (secondary N) is 1. The van der Waals surface area contributed by atoms with Gasteiger partial charge < -0.3 is 15.2 Å². The van der Waals surface area contributed by atoms with Crippen LogP contribution in [0.5, 0.6) is 0 Å². The summed E-state index contributed by atoms with van der Waals surface area (Å²) in [7, 11) is 0. The van der Waals surface area contributed by atoms with Gasteiger partial charge in [0.2, 0.25) is 5.91 Å². The van der Waals surface area contributed by atoms with E-state index in [2.05, 4.69) is 22.3 Å². The van der Waals surface area contributed by atoms with Crippen molar-refractivity contribution in [3.8, 4) is 0 Å². The molecule has 2 aromatic rings. The van der Waals surface area contributed by atoms with Crippen molar-refractivity contribution in [3.05, 3.63) is 65.0 Å². The normalized spacial score (nSPS) is 17.3. The molecule has 0 radical (unpaired) electrons. The number of hydrogen-bond donors (Lipinski definition) is 2. The molecule has 2 heterocycles. The van der Waals surface area contributed by atoms with Crippen molar-refractivity contribution in [2.45, 2.75) is 69.9 Å². The molecule has 0 bridgehead atoms. The van der Waals surface area contributed by atoms with Gasteiger partial charge in [0.1, 0.15) is 6.04 Å². The second kappa shape index (κ2) is 11.3. The topological polar surface area (TPSA) is 91.8 Å². The Morgan fingerprint density at radius 2 is 1.89 bits per heavy atom. The number of pyridine rings is 1. The van der Waals surface area contributed by atoms with Gasteiger partial charge in [-0.15, -0.1) is 0 Å². The number of amides is 1. The summed E-state index contributed by atoms with van der Waals surface area (Å²) in [6.07, 6.45) is 6.07. The summed E-state index contributed by atoms with van der Waals surface area (Å²) in [6.45, 7) is 6.45. The van der Waals surface area contributed by atoms with Gasteiger partial charge in [-0.05, 0) is 63.1 Å². The minimum absolute atomic E-state index is 0.169. The Labute approximate surface area is 207 Å². The van der Waals surface area contributed by atoms with Gasteiger partial charge in [0.05, 0.1) is 18.1 Å². The molecule has 1 aromatic carbocycles. The van der Waals surface area contributed by atoms with Gasteiger partial charge in [-0.25, -0.2) is 4.79 Å². The maximum atomic E-state index is 12.9. The second-order valence-corrected chi connectivity index (χ2v) is 10.3. The number of hydrogen-bond acceptors (Lipinski definition) is 5. The highest BCUT2D eigenvalue weighted by molar-refractivity contribution is 5.90. The number of aliphatic carboxylic acids is 1. The molecule has 7 nitrogen and oxygen atoms in total. The number of nitrogens with zero attached hydrogens (tertiary/aromatic N) is 2. The number of aryl methyl sites for hydroxylation is 2. The van der Waals surface area contributed by atoms with Gasteiger partial charge in [-0.3, -0.25) is 14.7 Å². The van der Waals surface area contributed by atoms with Crippen LogP contribution in [0.15, 0.2) is 42.5 Å². The summed E-state index contributed by atoms with van der Waals surface area (Å²) in [5, 5.41) is 12.4. The first-order chi connectivity index (χ1) is 16.8. The van der Waals surface area contributed by atoms with Crippen molar-refractivity contribution in [1.82, 2.24) is 15.2 Å². The van der Waals surface area contributed by atoms with Crippen LogP contribution in [0, 0.1) is 0 Å². The first-order valence-corrected chi connectivity index (χ1v) is 12.7. The Balaban J connectivity index is 1.16. The van der Waals surface area contributed by atoms with Crippen LogP contribution in [-0.4, -0.2) is 65.3 Å². The number of carboxylic acid groups (broad SMARTS) is 1. The van der Waals surface area contributed by atoms with E-state index in [-0.39, 0.29) is 12.0 Å². The second-order valence-electron chi connectivity index (χ2n) is 10.3. The molecule has 0 unspecified atom stereocenters. The summed E-state index contributed by atoms with van der Waals surface area (Å²) < 4.78 is 6.00. The van der Waals surface area contributed by atoms with E-state index in [9.17, 15) is 14.7 Å². The zero-order valence-electron chi connectivity index (χ0n) is 20.8. The summed E-state index contributed by atoms with van der Waals surface area (Å²) >= 11 is 0. The number of rotatable bonds is 11. The first kappa shape index (κ1) is 25.3. The van der Waals surface area contributed by atoms with Crippen LogP contribution in [0.3, 0.4) is 0 Å². The monoisotopic (exact) mass is 479 g/mol. The van der Waals surface area contributed by atoms with Crippen molar-refractivity contribution in [3.63, 3.8) is 0 Å². The summed E-state index contributed by atoms with van der Waals surface area (Å²) in [4.78, 5) is 31.6. The lowest BCUT2D eigenvalue weighted by molar-refractivity contribution is -0.143. The van der Waals surface area contributed by atoms with E-state index in [1.54, 1.807) is 0 Å². The standard InChI is InChI=1S/C28H37N3O4/c1-28(2,21-9-4-3-5-10-21)27(34)30-25(26(32)33)14-16-31-18-23(19-31)35-17-15-22-13-12-20-8-6-7-11-24(20)29-22/h3-5,9-10,12-13,23,25H,6-8,11,14-19H2,1-2H3,(H,30,34)(H,32,33)/t25-/m0/s1. The molecule has 1 amide bonds. The van der Waals surface area contributed by atoms with Crippen LogP contribution < -0.4 is 5.32 Å². The quantitative estimate of drug-likeness (QED) is 0.515. The Hall–Kier alpha value is -2.77. The minimum atomic E-state index is -1.01. The number of carbonyl (C=O) groups is 2. The molecule has 35 heavy (non-hydrogen) atoms. The Morgan fingerprint density at radius 3 is 2.63 bits per heavy atom. The number of likely N-dealkylation sites (tertiary alicyclic amines) is 1. The van der Waals surface area contributed by atoms with E-state index in [4.69, 9.17) is 9.72 Å². The third-order valence-corrected chi connectivity index (χ3v) is 7.27. The van der Waals surface area contributed by atoms with Gasteiger partial charge in [0.25, 0.3) is 0 Å². The van der Waals surface area contributed by atoms with Crippen LogP contribution in [0.4, 0.5) is 0 Å². The maximum Gasteiger partial charge on any atom is 0.326 e. The predicted molar refractivity (Wildman–Crippen MR) is 134 cm³/mol. The molecular formula is C28H37N3O4. The molecule has 1 aliphatic carbocycles. The van der Waals surface area contributed by atoms with Gasteiger partial charge in [0.15, 0.2) is 0 Å². The van der Waals surface area contributed by atoms with E-state index >= 15 is 0 Å². The lowest BCUT2D eigenvalue weighted by atomic mass is 9.83. The Bertz CT molecular complexity index is 1020. The Morgan fingerprint density at radius 1 is 1.14 bits per heavy atom. The maximum absolute atomic E-state index is 12.9. The molecule has 1 aromatic heterocycles. The number of ether oxygens (including phenoxy) is 1. The van der Waals surface area contributed by atoms with Crippen LogP contribution in [0.25, 0.3) is 0 Å². The molecule has 1 fully saturated rings. The lowest BCUT2D eigenvalue weighted by Gasteiger charge is -2.39. The van der Waals surface area contributed by atoms with E-state index in [0.717, 1.165) is 43.6 Å². The van der Waals surface area contributed by atoms with Gasteiger partial charge in [-0.2, -0.15) is 0 Å². The van der Waals surface area contributed by atoms with Crippen molar-refractivity contribution >= 4 is 11.9 Å². The summed E-state index contributed by atoms with van der Waals surface area (Å²) in [5.74, 6) is -1.29. The largest absolute Gasteiger partial charge is 0.480 e. The van der Waals surface area contributed by atoms with Crippen LogP contribution in [0.2, 0.25) is 0 Å². The molecule has 4 rings (SSSR count). The van der Waals surface area contributed by atoms with E-state index < -0.39 is 17.4 Å². The van der Waals surface area contributed by atoms with Crippen LogP contribution in [-0.2, 0) is 39.0 Å². The summed E-state index contributed by atoms with van der Waals surface area (Å²) in [5.41, 5.74) is 3.80. The predicted octanol–water partition coefficient (Wildman–Crippen LogP) is 3.14. The van der Waals surface area contributed by atoms with Gasteiger partial charge >= 0.3 is 5.97 Å². The molecule has 188 valence electrons. The lowest BCUT2D eigenvalue weighted by Crippen LogP contribution is -2.54. The minimum Gasteiger partial charge on any atom is -0.480 e. The third-order valence-electron chi connectivity index (χ3n) is 7.27. The van der Waals surface area contributed by atoms with Crippen molar-refractivity contribution in [2.24, 2.45) is 0 Å². The van der Waals surface area contributed by atoms with Gasteiger partial charge in [-0.1, -0.05) is 36.4 Å². The van der Waals surface area contributed by atoms with Crippen LogP contribution >= 0.6 is 0 Å². The molecule has 0 spiro atoms. The van der Waals surface area contributed by atoms with Crippen molar-refractivity contribution in [2.75, 3.05) is 26.2 Å². The van der Waals surface area contributed by atoms with Crippen LogP contribution in [0.1, 0.15) is 55.6 Å². The van der Waals surface area contributed by atoms with Crippen molar-refractivity contribution < 1.29 is 19.4 Å². The Kier molecular flexibility index (Phi) is 8.19. The zero-order chi connectivity index (χ0) is 24.8. The number of aromatic nitrogens is 1. The molecular weight excluding hydrogens is 442 g/mol.